The zero-order valence-corrected chi connectivity index (χ0v) is 11.5. The van der Waals surface area contributed by atoms with Crippen molar-refractivity contribution >= 4 is 5.78 Å². The molecule has 0 aromatic heterocycles. The largest absolute Gasteiger partial charge is 0.308 e. The molecule has 0 amide bonds. The third-order valence-corrected chi connectivity index (χ3v) is 2.66. The Kier molecular flexibility index (Phi) is 9.54. The molecule has 3 nitrogen and oxygen atoms in total. The van der Waals surface area contributed by atoms with Crippen molar-refractivity contribution in [3.05, 3.63) is 0 Å². The summed E-state index contributed by atoms with van der Waals surface area (Å²) in [4.78, 5) is 15.5. The maximum Gasteiger partial charge on any atom is 0.129 e. The lowest BCUT2D eigenvalue weighted by atomic mass is 10.2. The van der Waals surface area contributed by atoms with E-state index >= 15 is 0 Å². The summed E-state index contributed by atoms with van der Waals surface area (Å²) in [5, 5.41) is 0. The molecular weight excluding hydrogens is 200 g/mol. The molecule has 0 fully saturated rings. The summed E-state index contributed by atoms with van der Waals surface area (Å²) in [7, 11) is 4.22. The number of hydrogen-bond acceptors (Lipinski definition) is 3. The Hall–Kier alpha value is -0.410. The fourth-order valence-corrected chi connectivity index (χ4v) is 1.70. The lowest BCUT2D eigenvalue weighted by Gasteiger charge is -2.23. The van der Waals surface area contributed by atoms with Gasteiger partial charge in [0.15, 0.2) is 0 Å². The molecule has 0 heterocycles. The minimum absolute atomic E-state index is 0.315. The topological polar surface area (TPSA) is 23.6 Å². The van der Waals surface area contributed by atoms with Crippen LogP contribution in [0.1, 0.15) is 39.5 Å². The molecule has 0 aromatic carbocycles. The number of Topliss-reactive ketones (excluding diaryl/α,β-unsaturated/α-hetero) is 1. The minimum atomic E-state index is 0.315. The molecule has 0 rings (SSSR count). The third-order valence-electron chi connectivity index (χ3n) is 2.66. The quantitative estimate of drug-likeness (QED) is 0.534. The van der Waals surface area contributed by atoms with Gasteiger partial charge in [0, 0.05) is 19.5 Å². The van der Waals surface area contributed by atoms with E-state index in [1.54, 1.807) is 6.92 Å². The van der Waals surface area contributed by atoms with Crippen molar-refractivity contribution in [3.8, 4) is 0 Å². The highest BCUT2D eigenvalue weighted by molar-refractivity contribution is 5.75. The van der Waals surface area contributed by atoms with Crippen molar-refractivity contribution in [1.29, 1.82) is 0 Å². The van der Waals surface area contributed by atoms with E-state index in [9.17, 15) is 4.79 Å². The third kappa shape index (κ3) is 10.1. The van der Waals surface area contributed by atoms with Gasteiger partial charge in [0.25, 0.3) is 0 Å². The average Bonchev–Trinajstić information content (AvgIpc) is 2.20. The van der Waals surface area contributed by atoms with Crippen LogP contribution in [0.3, 0.4) is 0 Å². The lowest BCUT2D eigenvalue weighted by molar-refractivity contribution is -0.117. The van der Waals surface area contributed by atoms with Gasteiger partial charge in [-0.3, -0.25) is 0 Å². The molecule has 0 bridgehead atoms. The standard InChI is InChI=1S/C13H28N2O/c1-5-9-15(12-11-14(3)4)10-7-6-8-13(2)16/h5-12H2,1-4H3. The smallest absolute Gasteiger partial charge is 0.129 e. The Labute approximate surface area is 101 Å². The van der Waals surface area contributed by atoms with Gasteiger partial charge in [-0.05, 0) is 53.4 Å². The van der Waals surface area contributed by atoms with Gasteiger partial charge < -0.3 is 14.6 Å². The summed E-state index contributed by atoms with van der Waals surface area (Å²) in [5.41, 5.74) is 0. The number of carbonyl (C=O) groups excluding carboxylic acids is 1. The number of likely N-dealkylation sites (N-methyl/N-ethyl adjacent to an activating group) is 1. The van der Waals surface area contributed by atoms with Gasteiger partial charge in [-0.25, -0.2) is 0 Å². The van der Waals surface area contributed by atoms with Crippen molar-refractivity contribution in [2.75, 3.05) is 40.3 Å². The van der Waals surface area contributed by atoms with Crippen LogP contribution >= 0.6 is 0 Å². The molecule has 0 radical (unpaired) electrons. The average molecular weight is 228 g/mol. The van der Waals surface area contributed by atoms with Gasteiger partial charge in [-0.2, -0.15) is 0 Å². The van der Waals surface area contributed by atoms with Crippen molar-refractivity contribution < 1.29 is 4.79 Å². The second-order valence-corrected chi connectivity index (χ2v) is 4.80. The normalized spacial score (nSPS) is 11.4. The first kappa shape index (κ1) is 15.6. The van der Waals surface area contributed by atoms with E-state index in [0.29, 0.717) is 5.78 Å². The van der Waals surface area contributed by atoms with Crippen LogP contribution in [0.2, 0.25) is 0 Å². The van der Waals surface area contributed by atoms with Crippen LogP contribution < -0.4 is 0 Å². The van der Waals surface area contributed by atoms with Crippen molar-refractivity contribution in [1.82, 2.24) is 9.80 Å². The van der Waals surface area contributed by atoms with Crippen LogP contribution in [0.15, 0.2) is 0 Å². The molecule has 0 aromatic rings. The SMILES string of the molecule is CCCN(CCCCC(C)=O)CCN(C)C. The van der Waals surface area contributed by atoms with E-state index in [-0.39, 0.29) is 0 Å². The highest BCUT2D eigenvalue weighted by atomic mass is 16.1. The summed E-state index contributed by atoms with van der Waals surface area (Å²) >= 11 is 0. The zero-order valence-electron chi connectivity index (χ0n) is 11.5. The van der Waals surface area contributed by atoms with Gasteiger partial charge in [0.1, 0.15) is 5.78 Å². The number of nitrogens with zero attached hydrogens (tertiary/aromatic N) is 2. The van der Waals surface area contributed by atoms with Gasteiger partial charge in [-0.15, -0.1) is 0 Å². The first-order valence-corrected chi connectivity index (χ1v) is 6.42. The highest BCUT2D eigenvalue weighted by Crippen LogP contribution is 2.01. The first-order valence-electron chi connectivity index (χ1n) is 6.42. The Morgan fingerprint density at radius 3 is 2.19 bits per heavy atom. The molecule has 16 heavy (non-hydrogen) atoms. The molecule has 96 valence electrons. The molecule has 0 atom stereocenters. The van der Waals surface area contributed by atoms with E-state index in [1.807, 2.05) is 0 Å². The van der Waals surface area contributed by atoms with Crippen LogP contribution in [-0.2, 0) is 4.79 Å². The zero-order chi connectivity index (χ0) is 12.4. The molecule has 0 saturated carbocycles. The molecule has 0 spiro atoms. The van der Waals surface area contributed by atoms with Gasteiger partial charge in [-0.1, -0.05) is 6.92 Å². The van der Waals surface area contributed by atoms with Crippen molar-refractivity contribution in [2.45, 2.75) is 39.5 Å². The number of rotatable bonds is 10. The number of ketones is 1. The Bertz CT molecular complexity index is 181. The van der Waals surface area contributed by atoms with Crippen LogP contribution in [0.5, 0.6) is 0 Å². The van der Waals surface area contributed by atoms with E-state index in [0.717, 1.165) is 38.9 Å². The predicted molar refractivity (Wildman–Crippen MR) is 69.8 cm³/mol. The van der Waals surface area contributed by atoms with Crippen molar-refractivity contribution in [3.63, 3.8) is 0 Å². The molecule has 3 heteroatoms. The van der Waals surface area contributed by atoms with Crippen LogP contribution in [-0.4, -0.2) is 55.9 Å². The second-order valence-electron chi connectivity index (χ2n) is 4.80. The molecule has 0 aliphatic carbocycles. The number of carbonyl (C=O) groups is 1. The Morgan fingerprint density at radius 1 is 1.00 bits per heavy atom. The fraction of sp³-hybridized carbons (Fsp3) is 0.923. The first-order chi connectivity index (χ1) is 7.56. The monoisotopic (exact) mass is 228 g/mol. The predicted octanol–water partition coefficient (Wildman–Crippen LogP) is 2.02. The summed E-state index contributed by atoms with van der Waals surface area (Å²) in [6, 6.07) is 0. The van der Waals surface area contributed by atoms with Crippen LogP contribution in [0.4, 0.5) is 0 Å². The van der Waals surface area contributed by atoms with Gasteiger partial charge >= 0.3 is 0 Å². The Balaban J connectivity index is 3.62. The number of hydrogen-bond donors (Lipinski definition) is 0. The summed E-state index contributed by atoms with van der Waals surface area (Å²) in [6.45, 7) is 8.46. The maximum absolute atomic E-state index is 10.8. The maximum atomic E-state index is 10.8. The molecule has 0 unspecified atom stereocenters. The Morgan fingerprint density at radius 2 is 1.69 bits per heavy atom. The molecule has 0 aliphatic rings. The van der Waals surface area contributed by atoms with Gasteiger partial charge in [0.05, 0.1) is 0 Å². The fourth-order valence-electron chi connectivity index (χ4n) is 1.70. The van der Waals surface area contributed by atoms with Gasteiger partial charge in [0.2, 0.25) is 0 Å². The highest BCUT2D eigenvalue weighted by Gasteiger charge is 2.04. The summed E-state index contributed by atoms with van der Waals surface area (Å²) in [5.74, 6) is 0.315. The van der Waals surface area contributed by atoms with E-state index in [1.165, 1.54) is 13.0 Å². The van der Waals surface area contributed by atoms with Crippen molar-refractivity contribution in [2.24, 2.45) is 0 Å². The minimum Gasteiger partial charge on any atom is -0.308 e. The van der Waals surface area contributed by atoms with Crippen LogP contribution in [0, 0.1) is 0 Å². The van der Waals surface area contributed by atoms with E-state index in [4.69, 9.17) is 0 Å². The van der Waals surface area contributed by atoms with E-state index < -0.39 is 0 Å². The molecular formula is C13H28N2O. The number of unbranched alkanes of at least 4 members (excludes halogenated alkanes) is 1. The molecule has 0 N–H and O–H groups in total. The lowest BCUT2D eigenvalue weighted by Crippen LogP contribution is -2.33. The second kappa shape index (κ2) is 9.79. The molecule has 0 saturated heterocycles. The summed E-state index contributed by atoms with van der Waals surface area (Å²) < 4.78 is 0. The summed E-state index contributed by atoms with van der Waals surface area (Å²) in [6.07, 6.45) is 4.14. The van der Waals surface area contributed by atoms with Crippen LogP contribution in [0.25, 0.3) is 0 Å². The molecule has 0 aliphatic heterocycles. The van der Waals surface area contributed by atoms with E-state index in [2.05, 4.69) is 30.8 Å².